The average Bonchev–Trinajstić information content (AvgIpc) is 3.05. The molecule has 0 aliphatic carbocycles. The minimum atomic E-state index is 0.279. The van der Waals surface area contributed by atoms with Crippen LogP contribution in [0, 0.1) is 0 Å². The van der Waals surface area contributed by atoms with Crippen molar-refractivity contribution in [1.29, 1.82) is 0 Å². The van der Waals surface area contributed by atoms with Crippen LogP contribution in [0.1, 0.15) is 0 Å². The maximum Gasteiger partial charge on any atom is 0.204 e. The highest BCUT2D eigenvalue weighted by Crippen LogP contribution is 2.48. The zero-order valence-corrected chi connectivity index (χ0v) is 25.0. The molecule has 0 bridgehead atoms. The zero-order valence-electron chi connectivity index (χ0n) is 25.0. The van der Waals surface area contributed by atoms with E-state index in [2.05, 4.69) is 0 Å². The number of ether oxygens (including phenoxy) is 9. The standard InChI is InChI=1S/C30H33N3O9/c1-34-19-13-10-16(22(37-4)25(19)40-7)28-31-29(17-11-14-20(35-2)26(41-8)23(17)38-5)33-30(32-28)18-12-15-21(36-3)27(42-9)24(18)39-6/h10-15H,1-9H3. The highest BCUT2D eigenvalue weighted by Gasteiger charge is 2.26. The summed E-state index contributed by atoms with van der Waals surface area (Å²) in [4.78, 5) is 14.5. The second-order valence-electron chi connectivity index (χ2n) is 8.45. The Morgan fingerprint density at radius 1 is 0.310 bits per heavy atom. The van der Waals surface area contributed by atoms with Crippen LogP contribution in [0.4, 0.5) is 0 Å². The quantitative estimate of drug-likeness (QED) is 0.226. The van der Waals surface area contributed by atoms with E-state index in [1.807, 2.05) is 0 Å². The number of nitrogens with zero attached hydrogens (tertiary/aromatic N) is 3. The predicted octanol–water partition coefficient (Wildman–Crippen LogP) is 4.95. The summed E-state index contributed by atoms with van der Waals surface area (Å²) < 4.78 is 50.5. The van der Waals surface area contributed by atoms with E-state index in [0.717, 1.165) is 0 Å². The van der Waals surface area contributed by atoms with Crippen molar-refractivity contribution in [2.24, 2.45) is 0 Å². The molecule has 1 heterocycles. The van der Waals surface area contributed by atoms with Gasteiger partial charge in [0.1, 0.15) is 0 Å². The van der Waals surface area contributed by atoms with Gasteiger partial charge in [0.25, 0.3) is 0 Å². The molecule has 0 aliphatic heterocycles. The lowest BCUT2D eigenvalue weighted by Crippen LogP contribution is -2.05. The molecule has 42 heavy (non-hydrogen) atoms. The lowest BCUT2D eigenvalue weighted by Gasteiger charge is -2.18. The lowest BCUT2D eigenvalue weighted by atomic mass is 10.1. The van der Waals surface area contributed by atoms with Gasteiger partial charge in [0.15, 0.2) is 52.0 Å². The molecule has 0 aliphatic rings. The van der Waals surface area contributed by atoms with Crippen LogP contribution in [0.2, 0.25) is 0 Å². The maximum absolute atomic E-state index is 5.75. The van der Waals surface area contributed by atoms with Gasteiger partial charge in [-0.3, -0.25) is 0 Å². The van der Waals surface area contributed by atoms with Crippen LogP contribution in [-0.2, 0) is 0 Å². The second-order valence-corrected chi connectivity index (χ2v) is 8.45. The summed E-state index contributed by atoms with van der Waals surface area (Å²) in [7, 11) is 13.8. The third-order valence-electron chi connectivity index (χ3n) is 6.47. The van der Waals surface area contributed by atoms with Crippen molar-refractivity contribution in [2.75, 3.05) is 64.0 Å². The van der Waals surface area contributed by atoms with Gasteiger partial charge in [-0.15, -0.1) is 0 Å². The fourth-order valence-electron chi connectivity index (χ4n) is 4.57. The van der Waals surface area contributed by atoms with Crippen molar-refractivity contribution in [1.82, 2.24) is 15.0 Å². The van der Waals surface area contributed by atoms with Crippen LogP contribution < -0.4 is 42.6 Å². The molecule has 12 heteroatoms. The molecule has 4 rings (SSSR count). The van der Waals surface area contributed by atoms with E-state index in [0.29, 0.717) is 68.4 Å². The van der Waals surface area contributed by atoms with Crippen LogP contribution in [0.25, 0.3) is 34.2 Å². The molecule has 222 valence electrons. The molecule has 0 N–H and O–H groups in total. The molecule has 0 saturated carbocycles. The van der Waals surface area contributed by atoms with Crippen molar-refractivity contribution in [3.63, 3.8) is 0 Å². The predicted molar refractivity (Wildman–Crippen MR) is 155 cm³/mol. The van der Waals surface area contributed by atoms with Gasteiger partial charge in [0.2, 0.25) is 17.2 Å². The zero-order chi connectivity index (χ0) is 30.4. The fourth-order valence-corrected chi connectivity index (χ4v) is 4.57. The minimum Gasteiger partial charge on any atom is -0.493 e. The Morgan fingerprint density at radius 2 is 0.548 bits per heavy atom. The summed E-state index contributed by atoms with van der Waals surface area (Å²) in [6.45, 7) is 0. The normalized spacial score (nSPS) is 10.5. The SMILES string of the molecule is COc1ccc(-c2nc(-c3ccc(OC)c(OC)c3OC)nc(-c3ccc(OC)c(OC)c3OC)n2)c(OC)c1OC. The molecule has 0 atom stereocenters. The molecule has 0 unspecified atom stereocenters. The molecule has 0 spiro atoms. The molecule has 4 aromatic rings. The van der Waals surface area contributed by atoms with Crippen LogP contribution in [-0.4, -0.2) is 78.9 Å². The van der Waals surface area contributed by atoms with Gasteiger partial charge in [-0.2, -0.15) is 0 Å². The van der Waals surface area contributed by atoms with Gasteiger partial charge in [0, 0.05) is 0 Å². The summed E-state index contributed by atoms with van der Waals surface area (Å²) in [5, 5.41) is 0. The van der Waals surface area contributed by atoms with E-state index >= 15 is 0 Å². The molecule has 1 aromatic heterocycles. The number of rotatable bonds is 12. The highest BCUT2D eigenvalue weighted by molar-refractivity contribution is 5.79. The molecular formula is C30H33N3O9. The Bertz CT molecular complexity index is 1380. The van der Waals surface area contributed by atoms with E-state index in [1.54, 1.807) is 57.7 Å². The van der Waals surface area contributed by atoms with Crippen LogP contribution >= 0.6 is 0 Å². The van der Waals surface area contributed by atoms with Crippen molar-refractivity contribution >= 4 is 0 Å². The van der Waals surface area contributed by atoms with Crippen LogP contribution in [0.15, 0.2) is 36.4 Å². The summed E-state index contributed by atoms with van der Waals surface area (Å²) in [6.07, 6.45) is 0. The Hall–Kier alpha value is -5.13. The number of aromatic nitrogens is 3. The molecule has 0 radical (unpaired) electrons. The first kappa shape index (κ1) is 29.8. The van der Waals surface area contributed by atoms with Crippen molar-refractivity contribution in [3.8, 4) is 85.9 Å². The first-order chi connectivity index (χ1) is 20.4. The molecule has 12 nitrogen and oxygen atoms in total. The Morgan fingerprint density at radius 3 is 0.738 bits per heavy atom. The van der Waals surface area contributed by atoms with Crippen LogP contribution in [0.5, 0.6) is 51.7 Å². The summed E-state index contributed by atoms with van der Waals surface area (Å²) in [6, 6.07) is 10.6. The third-order valence-corrected chi connectivity index (χ3v) is 6.47. The van der Waals surface area contributed by atoms with Gasteiger partial charge in [-0.25, -0.2) is 15.0 Å². The largest absolute Gasteiger partial charge is 0.493 e. The Kier molecular flexibility index (Phi) is 9.25. The topological polar surface area (TPSA) is 122 Å². The molecule has 3 aromatic carbocycles. The van der Waals surface area contributed by atoms with E-state index in [4.69, 9.17) is 57.6 Å². The van der Waals surface area contributed by atoms with E-state index in [1.165, 1.54) is 42.7 Å². The highest BCUT2D eigenvalue weighted by atomic mass is 16.5. The fraction of sp³-hybridized carbons (Fsp3) is 0.300. The second kappa shape index (κ2) is 13.0. The number of methoxy groups -OCH3 is 9. The van der Waals surface area contributed by atoms with Gasteiger partial charge >= 0.3 is 0 Å². The van der Waals surface area contributed by atoms with Gasteiger partial charge in [0.05, 0.1) is 80.7 Å². The van der Waals surface area contributed by atoms with Crippen LogP contribution in [0.3, 0.4) is 0 Å². The van der Waals surface area contributed by atoms with E-state index in [9.17, 15) is 0 Å². The first-order valence-electron chi connectivity index (χ1n) is 12.6. The third kappa shape index (κ3) is 5.18. The summed E-state index contributed by atoms with van der Waals surface area (Å²) in [5.41, 5.74) is 1.58. The smallest absolute Gasteiger partial charge is 0.204 e. The van der Waals surface area contributed by atoms with Crippen molar-refractivity contribution in [3.05, 3.63) is 36.4 Å². The van der Waals surface area contributed by atoms with Crippen molar-refractivity contribution in [2.45, 2.75) is 0 Å². The van der Waals surface area contributed by atoms with Crippen molar-refractivity contribution < 1.29 is 42.6 Å². The number of benzene rings is 3. The van der Waals surface area contributed by atoms with E-state index in [-0.39, 0.29) is 17.5 Å². The molecule has 0 saturated heterocycles. The van der Waals surface area contributed by atoms with Gasteiger partial charge in [-0.05, 0) is 36.4 Å². The summed E-state index contributed by atoms with van der Waals surface area (Å²) in [5.74, 6) is 4.55. The Balaban J connectivity index is 2.11. The average molecular weight is 580 g/mol. The van der Waals surface area contributed by atoms with Gasteiger partial charge < -0.3 is 42.6 Å². The summed E-state index contributed by atoms with van der Waals surface area (Å²) >= 11 is 0. The number of hydrogen-bond donors (Lipinski definition) is 0. The maximum atomic E-state index is 5.75. The molecule has 0 amide bonds. The first-order valence-corrected chi connectivity index (χ1v) is 12.6. The minimum absolute atomic E-state index is 0.279. The Labute approximate surface area is 244 Å². The number of hydrogen-bond acceptors (Lipinski definition) is 12. The molecular weight excluding hydrogens is 546 g/mol. The van der Waals surface area contributed by atoms with E-state index < -0.39 is 0 Å². The molecule has 0 fully saturated rings. The van der Waals surface area contributed by atoms with Gasteiger partial charge in [-0.1, -0.05) is 0 Å². The lowest BCUT2D eigenvalue weighted by molar-refractivity contribution is 0.325. The monoisotopic (exact) mass is 579 g/mol.